The molecule has 2 rings (SSSR count). The van der Waals surface area contributed by atoms with Gasteiger partial charge in [-0.2, -0.15) is 12.7 Å². The van der Waals surface area contributed by atoms with Gasteiger partial charge in [0, 0.05) is 19.2 Å². The molecule has 1 atom stereocenters. The molecule has 8 heteroatoms. The van der Waals surface area contributed by atoms with Crippen LogP contribution < -0.4 is 15.2 Å². The average molecular weight is 317 g/mol. The first-order valence-corrected chi connectivity index (χ1v) is 8.21. The summed E-state index contributed by atoms with van der Waals surface area (Å²) >= 11 is 0. The number of rotatable bonds is 5. The first-order chi connectivity index (χ1) is 9.96. The second kappa shape index (κ2) is 6.59. The first kappa shape index (κ1) is 16.0. The average Bonchev–Trinajstić information content (AvgIpc) is 2.47. The summed E-state index contributed by atoms with van der Waals surface area (Å²) in [6.07, 6.45) is 1.71. The fraction of sp³-hybridized carbons (Fsp3) is 0.538. The fourth-order valence-corrected chi connectivity index (χ4v) is 3.71. The molecule has 0 aliphatic carbocycles. The van der Waals surface area contributed by atoms with Crippen LogP contribution in [0.5, 0.6) is 5.75 Å². The molecule has 1 fully saturated rings. The van der Waals surface area contributed by atoms with Gasteiger partial charge in [-0.25, -0.2) is 4.39 Å². The van der Waals surface area contributed by atoms with Gasteiger partial charge in [-0.3, -0.25) is 4.72 Å². The third-order valence-corrected chi connectivity index (χ3v) is 5.06. The number of hydrogen-bond donors (Lipinski definition) is 2. The van der Waals surface area contributed by atoms with Crippen LogP contribution in [0.25, 0.3) is 0 Å². The van der Waals surface area contributed by atoms with Crippen molar-refractivity contribution in [1.29, 1.82) is 0 Å². The maximum atomic E-state index is 13.6. The Morgan fingerprint density at radius 2 is 2.29 bits per heavy atom. The standard InChI is InChI=1S/C13H20FN3O3S/c1-20-13-5-4-11(7-12(13)14)16-21(18,19)17-6-2-3-10(8-15)9-17/h4-5,7,10,16H,2-3,6,8-9,15H2,1H3. The molecule has 1 aromatic carbocycles. The maximum absolute atomic E-state index is 13.6. The summed E-state index contributed by atoms with van der Waals surface area (Å²) in [5.74, 6) is -0.377. The van der Waals surface area contributed by atoms with Crippen LogP contribution in [0.1, 0.15) is 12.8 Å². The zero-order chi connectivity index (χ0) is 15.5. The lowest BCUT2D eigenvalue weighted by atomic mass is 10.0. The van der Waals surface area contributed by atoms with E-state index in [-0.39, 0.29) is 17.4 Å². The number of ether oxygens (including phenoxy) is 1. The number of hydrogen-bond acceptors (Lipinski definition) is 4. The Morgan fingerprint density at radius 1 is 1.52 bits per heavy atom. The fourth-order valence-electron chi connectivity index (χ4n) is 2.38. The van der Waals surface area contributed by atoms with Crippen LogP contribution in [-0.4, -0.2) is 39.5 Å². The number of nitrogens with one attached hydrogen (secondary N) is 1. The Labute approximate surface area is 124 Å². The van der Waals surface area contributed by atoms with E-state index in [1.165, 1.54) is 23.5 Å². The zero-order valence-electron chi connectivity index (χ0n) is 11.9. The molecule has 0 amide bonds. The highest BCUT2D eigenvalue weighted by Crippen LogP contribution is 2.23. The lowest BCUT2D eigenvalue weighted by molar-refractivity contribution is 0.273. The van der Waals surface area contributed by atoms with Crippen molar-refractivity contribution < 1.29 is 17.5 Å². The lowest BCUT2D eigenvalue weighted by Gasteiger charge is -2.31. The van der Waals surface area contributed by atoms with Gasteiger partial charge in [-0.1, -0.05) is 0 Å². The molecular weight excluding hydrogens is 297 g/mol. The van der Waals surface area contributed by atoms with Crippen molar-refractivity contribution in [2.75, 3.05) is 31.5 Å². The van der Waals surface area contributed by atoms with Gasteiger partial charge < -0.3 is 10.5 Å². The summed E-state index contributed by atoms with van der Waals surface area (Å²) in [6, 6.07) is 3.94. The number of benzene rings is 1. The summed E-state index contributed by atoms with van der Waals surface area (Å²) < 4.78 is 46.7. The molecule has 0 spiro atoms. The van der Waals surface area contributed by atoms with Crippen molar-refractivity contribution in [1.82, 2.24) is 4.31 Å². The van der Waals surface area contributed by atoms with Gasteiger partial charge >= 0.3 is 10.2 Å². The predicted molar refractivity (Wildman–Crippen MR) is 78.8 cm³/mol. The van der Waals surface area contributed by atoms with E-state index in [0.29, 0.717) is 19.6 Å². The number of piperidine rings is 1. The Kier molecular flexibility index (Phi) is 5.02. The van der Waals surface area contributed by atoms with Gasteiger partial charge in [-0.05, 0) is 37.4 Å². The van der Waals surface area contributed by atoms with E-state index < -0.39 is 16.0 Å². The molecule has 3 N–H and O–H groups in total. The number of nitrogens with two attached hydrogens (primary N) is 1. The Morgan fingerprint density at radius 3 is 2.90 bits per heavy atom. The minimum Gasteiger partial charge on any atom is -0.494 e. The van der Waals surface area contributed by atoms with Crippen LogP contribution in [0.4, 0.5) is 10.1 Å². The SMILES string of the molecule is COc1ccc(NS(=O)(=O)N2CCCC(CN)C2)cc1F. The summed E-state index contributed by atoms with van der Waals surface area (Å²) in [4.78, 5) is 0. The Balaban J connectivity index is 2.11. The topological polar surface area (TPSA) is 84.7 Å². The van der Waals surface area contributed by atoms with E-state index in [0.717, 1.165) is 18.9 Å². The van der Waals surface area contributed by atoms with Crippen LogP contribution in [0.2, 0.25) is 0 Å². The summed E-state index contributed by atoms with van der Waals surface area (Å²) in [7, 11) is -2.35. The van der Waals surface area contributed by atoms with E-state index in [2.05, 4.69) is 4.72 Å². The van der Waals surface area contributed by atoms with Crippen molar-refractivity contribution in [3.05, 3.63) is 24.0 Å². The quantitative estimate of drug-likeness (QED) is 0.853. The van der Waals surface area contributed by atoms with Crippen molar-refractivity contribution in [2.45, 2.75) is 12.8 Å². The summed E-state index contributed by atoms with van der Waals surface area (Å²) in [5.41, 5.74) is 5.78. The highest BCUT2D eigenvalue weighted by molar-refractivity contribution is 7.90. The highest BCUT2D eigenvalue weighted by Gasteiger charge is 2.28. The molecular formula is C13H20FN3O3S. The Bertz CT molecular complexity index is 594. The van der Waals surface area contributed by atoms with Crippen molar-refractivity contribution >= 4 is 15.9 Å². The number of anilines is 1. The van der Waals surface area contributed by atoms with E-state index in [1.807, 2.05) is 0 Å². The smallest absolute Gasteiger partial charge is 0.301 e. The maximum Gasteiger partial charge on any atom is 0.301 e. The molecule has 0 aromatic heterocycles. The van der Waals surface area contributed by atoms with Gasteiger partial charge in [0.25, 0.3) is 0 Å². The Hall–Kier alpha value is -1.38. The molecule has 0 radical (unpaired) electrons. The monoisotopic (exact) mass is 317 g/mol. The molecule has 0 bridgehead atoms. The van der Waals surface area contributed by atoms with E-state index in [9.17, 15) is 12.8 Å². The minimum absolute atomic E-state index is 0.0686. The summed E-state index contributed by atoms with van der Waals surface area (Å²) in [5, 5.41) is 0. The van der Waals surface area contributed by atoms with Gasteiger partial charge in [0.1, 0.15) is 0 Å². The largest absolute Gasteiger partial charge is 0.494 e. The van der Waals surface area contributed by atoms with Crippen LogP contribution in [0.15, 0.2) is 18.2 Å². The van der Waals surface area contributed by atoms with Gasteiger partial charge in [0.2, 0.25) is 0 Å². The third kappa shape index (κ3) is 3.84. The molecule has 1 saturated heterocycles. The highest BCUT2D eigenvalue weighted by atomic mass is 32.2. The molecule has 1 unspecified atom stereocenters. The minimum atomic E-state index is -3.70. The van der Waals surface area contributed by atoms with Crippen LogP contribution in [0, 0.1) is 11.7 Å². The third-order valence-electron chi connectivity index (χ3n) is 3.55. The molecule has 0 saturated carbocycles. The number of methoxy groups -OCH3 is 1. The molecule has 21 heavy (non-hydrogen) atoms. The van der Waals surface area contributed by atoms with Crippen LogP contribution >= 0.6 is 0 Å². The van der Waals surface area contributed by atoms with E-state index in [4.69, 9.17) is 10.5 Å². The molecule has 118 valence electrons. The summed E-state index contributed by atoms with van der Waals surface area (Å²) in [6.45, 7) is 1.30. The normalized spacial score (nSPS) is 20.2. The molecule has 1 aliphatic heterocycles. The first-order valence-electron chi connectivity index (χ1n) is 6.77. The molecule has 1 aliphatic rings. The zero-order valence-corrected chi connectivity index (χ0v) is 12.7. The van der Waals surface area contributed by atoms with E-state index in [1.54, 1.807) is 0 Å². The van der Waals surface area contributed by atoms with Crippen molar-refractivity contribution in [3.63, 3.8) is 0 Å². The van der Waals surface area contributed by atoms with Gasteiger partial charge in [0.05, 0.1) is 12.8 Å². The van der Waals surface area contributed by atoms with E-state index >= 15 is 0 Å². The molecule has 1 heterocycles. The molecule has 1 aromatic rings. The number of nitrogens with zero attached hydrogens (tertiary/aromatic N) is 1. The van der Waals surface area contributed by atoms with Crippen LogP contribution in [-0.2, 0) is 10.2 Å². The van der Waals surface area contributed by atoms with Gasteiger partial charge in [0.15, 0.2) is 11.6 Å². The second-order valence-corrected chi connectivity index (χ2v) is 6.73. The van der Waals surface area contributed by atoms with Crippen molar-refractivity contribution in [2.24, 2.45) is 11.7 Å². The van der Waals surface area contributed by atoms with Gasteiger partial charge in [-0.15, -0.1) is 0 Å². The lowest BCUT2D eigenvalue weighted by Crippen LogP contribution is -2.44. The molecule has 6 nitrogen and oxygen atoms in total. The predicted octanol–water partition coefficient (Wildman–Crippen LogP) is 1.16. The van der Waals surface area contributed by atoms with Crippen LogP contribution in [0.3, 0.4) is 0 Å². The van der Waals surface area contributed by atoms with Crippen molar-refractivity contribution in [3.8, 4) is 5.75 Å². The second-order valence-electron chi connectivity index (χ2n) is 5.06. The number of halogens is 1.